The highest BCUT2D eigenvalue weighted by molar-refractivity contribution is 6.33. The number of esters is 1. The number of rotatable bonds is 3. The van der Waals surface area contributed by atoms with Gasteiger partial charge in [0.25, 0.3) is 0 Å². The summed E-state index contributed by atoms with van der Waals surface area (Å²) in [5.41, 5.74) is 46.0. The highest BCUT2D eigenvalue weighted by Gasteiger charge is 2.03. The molecule has 0 saturated carbocycles. The number of benzene rings is 7. The van der Waals surface area contributed by atoms with Gasteiger partial charge in [-0.3, -0.25) is 4.98 Å². The molecule has 0 aliphatic heterocycles. The number of carbonyl (C=O) groups excluding carboxylic acids is 1. The molecule has 0 saturated heterocycles. The minimum absolute atomic E-state index is 0.364. The Hall–Kier alpha value is -8.32. The lowest BCUT2D eigenvalue weighted by Crippen LogP contribution is -2.01. The normalized spacial score (nSPS) is 9.19. The largest absolute Gasteiger partial charge is 0.497 e. The second kappa shape index (κ2) is 33.2. The summed E-state index contributed by atoms with van der Waals surface area (Å²) in [4.78, 5) is 17.7. The first-order valence-electron chi connectivity index (χ1n) is 20.9. The third-order valence-electron chi connectivity index (χ3n) is 8.52. The van der Waals surface area contributed by atoms with Crippen molar-refractivity contribution in [1.82, 2.24) is 9.97 Å². The van der Waals surface area contributed by atoms with Crippen LogP contribution in [0.3, 0.4) is 0 Å². The van der Waals surface area contributed by atoms with E-state index in [-0.39, 0.29) is 5.97 Å². The molecule has 2 heterocycles. The van der Waals surface area contributed by atoms with Crippen molar-refractivity contribution in [1.29, 1.82) is 0 Å². The number of aryl methyl sites for hydroxylation is 1. The Morgan fingerprint density at radius 2 is 1.09 bits per heavy atom. The van der Waals surface area contributed by atoms with Crippen molar-refractivity contribution < 1.29 is 14.3 Å². The minimum atomic E-state index is -0.364. The molecule has 9 rings (SSSR count). The van der Waals surface area contributed by atoms with Crippen LogP contribution < -0.4 is 44.9 Å². The number of nitrogens with one attached hydrogen (secondary N) is 1. The standard InChI is InChI=1S/C8H8N2.C8H9NO2.C8H10.C7H9NO.2C6H6ClN.C6H7N.C5H6N2/c9-7-2-1-3-8-6(7)4-5-10-8;1-11-8(10)6-3-2-4-7(9)5-6;1-2-8-6-4-3-5-7-8;1-9-7-4-2-3-6(8)5-7;7-5-2-1-3-6(8)4-5;7-5-3-1-2-4-6(5)8;7-6-4-2-1-3-5-6;6-5-2-1-3-7-4-5/h1-5,10H,9H2;2-5H,9H2,1H3;3-7H,2H2,1H3;2-5H,8H2,1H3;2*1-4H,8H2;1-5H,7H2;1-4H,6H2. The van der Waals surface area contributed by atoms with E-state index in [9.17, 15) is 4.79 Å². The fourth-order valence-corrected chi connectivity index (χ4v) is 5.39. The van der Waals surface area contributed by atoms with Crippen LogP contribution in [0.5, 0.6) is 5.75 Å². The summed E-state index contributed by atoms with van der Waals surface area (Å²) in [6.45, 7) is 2.16. The lowest BCUT2D eigenvalue weighted by molar-refractivity contribution is 0.0600. The molecule has 0 spiro atoms. The van der Waals surface area contributed by atoms with Gasteiger partial charge in [0.1, 0.15) is 5.75 Å². The molecular formula is C54H61Cl2N9O3. The van der Waals surface area contributed by atoms with E-state index in [1.165, 1.54) is 12.7 Å². The quantitative estimate of drug-likeness (QED) is 0.0611. The Bertz CT molecular complexity index is 2650. The maximum Gasteiger partial charge on any atom is 0.337 e. The Kier molecular flexibility index (Phi) is 27.3. The Morgan fingerprint density at radius 3 is 1.50 bits per heavy atom. The molecule has 2 aromatic heterocycles. The number of methoxy groups -OCH3 is 2. The van der Waals surface area contributed by atoms with Crippen molar-refractivity contribution in [2.75, 3.05) is 54.4 Å². The zero-order chi connectivity index (χ0) is 49.9. The van der Waals surface area contributed by atoms with Crippen molar-refractivity contribution >= 4 is 79.9 Å². The topological polar surface area (TPSA) is 246 Å². The molecule has 0 fully saturated rings. The van der Waals surface area contributed by atoms with Gasteiger partial charge in [0.15, 0.2) is 0 Å². The molecule has 7 aromatic carbocycles. The molecule has 0 radical (unpaired) electrons. The van der Waals surface area contributed by atoms with E-state index < -0.39 is 0 Å². The van der Waals surface area contributed by atoms with Crippen LogP contribution in [-0.4, -0.2) is 30.2 Å². The van der Waals surface area contributed by atoms with Gasteiger partial charge in [-0.05, 0) is 115 Å². The van der Waals surface area contributed by atoms with Crippen LogP contribution in [0.15, 0.2) is 213 Å². The number of fused-ring (bicyclic) bond motifs is 1. The molecule has 0 aliphatic carbocycles. The SMILES string of the molecule is CCc1ccccc1.COC(=O)c1cccc(N)c1.COc1cccc(N)c1.Nc1cccc(Cl)c1.Nc1cccc2[nH]ccc12.Nc1ccccc1.Nc1ccccc1Cl.Nc1cccnc1. The minimum Gasteiger partial charge on any atom is -0.497 e. The summed E-state index contributed by atoms with van der Waals surface area (Å²) in [7, 11) is 2.96. The fraction of sp³-hybridized carbons (Fsp3) is 0.0741. The zero-order valence-electron chi connectivity index (χ0n) is 38.4. The molecule has 0 aliphatic rings. The maximum atomic E-state index is 10.9. The van der Waals surface area contributed by atoms with Crippen molar-refractivity contribution in [2.45, 2.75) is 13.3 Å². The molecule has 0 unspecified atom stereocenters. The zero-order valence-corrected chi connectivity index (χ0v) is 39.9. The van der Waals surface area contributed by atoms with Crippen LogP contribution in [0.1, 0.15) is 22.8 Å². The second-order valence-electron chi connectivity index (χ2n) is 13.8. The molecule has 15 N–H and O–H groups in total. The van der Waals surface area contributed by atoms with Gasteiger partial charge < -0.3 is 54.6 Å². The summed E-state index contributed by atoms with van der Waals surface area (Å²) in [6, 6.07) is 59.7. The van der Waals surface area contributed by atoms with Gasteiger partial charge in [0, 0.05) is 69.0 Å². The number of H-pyrrole nitrogens is 1. The van der Waals surface area contributed by atoms with Crippen molar-refractivity contribution in [2.24, 2.45) is 0 Å². The van der Waals surface area contributed by atoms with Crippen LogP contribution in [-0.2, 0) is 11.2 Å². The number of ether oxygens (including phenoxy) is 2. The average Bonchev–Trinajstić information content (AvgIpc) is 3.85. The van der Waals surface area contributed by atoms with E-state index >= 15 is 0 Å². The van der Waals surface area contributed by atoms with Crippen LogP contribution >= 0.6 is 23.2 Å². The van der Waals surface area contributed by atoms with E-state index in [1.54, 1.807) is 92.3 Å². The van der Waals surface area contributed by atoms with Gasteiger partial charge >= 0.3 is 5.97 Å². The number of nitrogen functional groups attached to an aromatic ring is 7. The van der Waals surface area contributed by atoms with Gasteiger partial charge in [0.2, 0.25) is 0 Å². The molecule has 12 nitrogen and oxygen atoms in total. The number of para-hydroxylation sites is 2. The van der Waals surface area contributed by atoms with Crippen LogP contribution in [0.4, 0.5) is 39.8 Å². The molecule has 9 aromatic rings. The van der Waals surface area contributed by atoms with E-state index in [0.29, 0.717) is 38.4 Å². The number of aromatic nitrogens is 2. The predicted molar refractivity (Wildman–Crippen MR) is 289 cm³/mol. The van der Waals surface area contributed by atoms with E-state index in [0.717, 1.165) is 40.1 Å². The Labute approximate surface area is 409 Å². The summed E-state index contributed by atoms with van der Waals surface area (Å²) < 4.78 is 9.41. The number of nitrogens with two attached hydrogens (primary N) is 7. The summed E-state index contributed by atoms with van der Waals surface area (Å²) in [6.07, 6.45) is 6.33. The molecule has 0 amide bonds. The van der Waals surface area contributed by atoms with Gasteiger partial charge in [0.05, 0.1) is 36.2 Å². The van der Waals surface area contributed by atoms with Crippen molar-refractivity contribution in [3.63, 3.8) is 0 Å². The molecule has 354 valence electrons. The average molecular weight is 955 g/mol. The highest BCUT2D eigenvalue weighted by Crippen LogP contribution is 2.18. The number of carbonyl (C=O) groups is 1. The maximum absolute atomic E-state index is 10.9. The number of nitrogens with zero attached hydrogens (tertiary/aromatic N) is 1. The number of anilines is 7. The van der Waals surface area contributed by atoms with Crippen LogP contribution in [0.25, 0.3) is 10.9 Å². The van der Waals surface area contributed by atoms with Crippen molar-refractivity contribution in [3.8, 4) is 5.75 Å². The van der Waals surface area contributed by atoms with Crippen LogP contribution in [0.2, 0.25) is 10.0 Å². The molecule has 0 bridgehead atoms. The number of pyridine rings is 1. The molecule has 0 atom stereocenters. The van der Waals surface area contributed by atoms with E-state index in [4.69, 9.17) is 68.1 Å². The van der Waals surface area contributed by atoms with Gasteiger partial charge in [-0.2, -0.15) is 0 Å². The third-order valence-corrected chi connectivity index (χ3v) is 9.10. The first-order chi connectivity index (χ1) is 32.8. The summed E-state index contributed by atoms with van der Waals surface area (Å²) in [5, 5.41) is 2.40. The first kappa shape index (κ1) is 55.8. The lowest BCUT2D eigenvalue weighted by atomic mass is 10.2. The summed E-state index contributed by atoms with van der Waals surface area (Å²) >= 11 is 11.1. The smallest absolute Gasteiger partial charge is 0.337 e. The monoisotopic (exact) mass is 953 g/mol. The fourth-order valence-electron chi connectivity index (χ4n) is 5.06. The molecule has 68 heavy (non-hydrogen) atoms. The number of halogens is 2. The number of hydrogen-bond donors (Lipinski definition) is 8. The van der Waals surface area contributed by atoms with Gasteiger partial charge in [-0.15, -0.1) is 0 Å². The third kappa shape index (κ3) is 24.7. The number of hydrogen-bond acceptors (Lipinski definition) is 11. The van der Waals surface area contributed by atoms with E-state index in [2.05, 4.69) is 45.9 Å². The highest BCUT2D eigenvalue weighted by atomic mass is 35.5. The Balaban J connectivity index is 0.000000268. The predicted octanol–water partition coefficient (Wildman–Crippen LogP) is 12.1. The lowest BCUT2D eigenvalue weighted by Gasteiger charge is -1.98. The Morgan fingerprint density at radius 1 is 0.544 bits per heavy atom. The molecule has 14 heteroatoms. The summed E-state index contributed by atoms with van der Waals surface area (Å²) in [5.74, 6) is 0.437. The first-order valence-corrected chi connectivity index (χ1v) is 21.7. The van der Waals surface area contributed by atoms with Crippen molar-refractivity contribution in [3.05, 3.63) is 234 Å². The van der Waals surface area contributed by atoms with Crippen LogP contribution in [0, 0.1) is 0 Å². The van der Waals surface area contributed by atoms with Gasteiger partial charge in [-0.25, -0.2) is 4.79 Å². The second-order valence-corrected chi connectivity index (χ2v) is 14.6. The molecular weight excluding hydrogens is 894 g/mol. The number of aromatic amines is 1. The van der Waals surface area contributed by atoms with E-state index in [1.807, 2.05) is 103 Å². The van der Waals surface area contributed by atoms with Gasteiger partial charge in [-0.1, -0.05) is 115 Å².